The Morgan fingerprint density at radius 2 is 1.79 bits per heavy atom. The monoisotopic (exact) mass is 499 g/mol. The fourth-order valence-corrected chi connectivity index (χ4v) is 5.21. The maximum Gasteiger partial charge on any atom is 0.293 e. The summed E-state index contributed by atoms with van der Waals surface area (Å²) in [7, 11) is -1.90. The van der Waals surface area contributed by atoms with E-state index in [9.17, 15) is 13.2 Å². The highest BCUT2D eigenvalue weighted by atomic mass is 79.9. The lowest BCUT2D eigenvalue weighted by Gasteiger charge is -2.30. The topological polar surface area (TPSA) is 91.7 Å². The lowest BCUT2D eigenvalue weighted by atomic mass is 9.96. The molecule has 0 spiro atoms. The molecule has 0 aliphatic heterocycles. The Balaban J connectivity index is 1.61. The number of thiocarbonyl (C=S) groups is 1. The van der Waals surface area contributed by atoms with Crippen molar-refractivity contribution >= 4 is 54.9 Å². The molecule has 0 unspecified atom stereocenters. The van der Waals surface area contributed by atoms with Crippen LogP contribution in [0, 0.1) is 0 Å². The number of nitrogens with zero attached hydrogens (tertiary/aromatic N) is 1. The van der Waals surface area contributed by atoms with Crippen molar-refractivity contribution in [2.45, 2.75) is 43.0 Å². The van der Waals surface area contributed by atoms with Gasteiger partial charge in [0, 0.05) is 18.8 Å². The Kier molecular flexibility index (Phi) is 7.10. The Bertz CT molecular complexity index is 983. The summed E-state index contributed by atoms with van der Waals surface area (Å²) in [5.74, 6) is -0.366. The molecule has 10 heteroatoms. The first-order valence-corrected chi connectivity index (χ1v) is 11.9. The first kappa shape index (κ1) is 21.9. The van der Waals surface area contributed by atoms with Gasteiger partial charge in [-0.2, -0.15) is 4.31 Å². The van der Waals surface area contributed by atoms with E-state index >= 15 is 0 Å². The van der Waals surface area contributed by atoms with Gasteiger partial charge in [-0.05, 0) is 77.4 Å². The van der Waals surface area contributed by atoms with E-state index in [2.05, 4.69) is 26.6 Å². The average Bonchev–Trinajstić information content (AvgIpc) is 3.15. The van der Waals surface area contributed by atoms with E-state index in [1.807, 2.05) is 0 Å². The second kappa shape index (κ2) is 9.38. The number of carbonyl (C=O) groups excluding carboxylic acids is 1. The van der Waals surface area contributed by atoms with Gasteiger partial charge in [0.1, 0.15) is 0 Å². The van der Waals surface area contributed by atoms with E-state index in [0.717, 1.165) is 25.7 Å². The number of furan rings is 1. The first-order chi connectivity index (χ1) is 13.8. The van der Waals surface area contributed by atoms with Crippen LogP contribution in [-0.4, -0.2) is 36.8 Å². The summed E-state index contributed by atoms with van der Waals surface area (Å²) in [5.41, 5.74) is 0.565. The standard InChI is InChI=1S/C19H22BrN3O4S2/c1-23(14-5-3-2-4-6-14)29(25,26)15-9-7-13(8-10-15)21-19(28)22-18(24)16-11-12-17(20)27-16/h7-12,14H,2-6H2,1H3,(H2,21,22,24,28). The highest BCUT2D eigenvalue weighted by molar-refractivity contribution is 9.10. The number of benzene rings is 1. The zero-order valence-electron chi connectivity index (χ0n) is 15.9. The van der Waals surface area contributed by atoms with Gasteiger partial charge in [0.2, 0.25) is 10.0 Å². The number of sulfonamides is 1. The van der Waals surface area contributed by atoms with Gasteiger partial charge in [-0.3, -0.25) is 10.1 Å². The molecule has 0 atom stereocenters. The van der Waals surface area contributed by atoms with Gasteiger partial charge >= 0.3 is 0 Å². The molecule has 1 aromatic heterocycles. The van der Waals surface area contributed by atoms with Gasteiger partial charge in [0.15, 0.2) is 15.5 Å². The third kappa shape index (κ3) is 5.44. The molecule has 2 aromatic rings. The Morgan fingerprint density at radius 1 is 1.14 bits per heavy atom. The molecule has 0 radical (unpaired) electrons. The molecule has 1 saturated carbocycles. The molecular formula is C19H22BrN3O4S2. The van der Waals surface area contributed by atoms with Crippen molar-refractivity contribution in [2.24, 2.45) is 0 Å². The van der Waals surface area contributed by atoms with Crippen molar-refractivity contribution in [3.8, 4) is 0 Å². The highest BCUT2D eigenvalue weighted by Crippen LogP contribution is 2.27. The van der Waals surface area contributed by atoms with E-state index in [4.69, 9.17) is 16.6 Å². The summed E-state index contributed by atoms with van der Waals surface area (Å²) in [6, 6.07) is 9.47. The first-order valence-electron chi connectivity index (χ1n) is 9.23. The summed E-state index contributed by atoms with van der Waals surface area (Å²) in [4.78, 5) is 12.3. The lowest BCUT2D eigenvalue weighted by Crippen LogP contribution is -2.38. The molecule has 156 valence electrons. The minimum atomic E-state index is -3.55. The van der Waals surface area contributed by atoms with Crippen molar-refractivity contribution in [3.63, 3.8) is 0 Å². The Hall–Kier alpha value is -1.75. The summed E-state index contributed by atoms with van der Waals surface area (Å²) in [5, 5.41) is 5.44. The minimum absolute atomic E-state index is 0.0518. The van der Waals surface area contributed by atoms with E-state index in [-0.39, 0.29) is 21.8 Å². The van der Waals surface area contributed by atoms with Crippen LogP contribution in [0.1, 0.15) is 42.7 Å². The zero-order valence-corrected chi connectivity index (χ0v) is 19.1. The number of rotatable bonds is 5. The van der Waals surface area contributed by atoms with Gasteiger partial charge in [-0.25, -0.2) is 8.42 Å². The van der Waals surface area contributed by atoms with Crippen LogP contribution in [0.15, 0.2) is 50.4 Å². The Morgan fingerprint density at radius 3 is 2.38 bits per heavy atom. The fraction of sp³-hybridized carbons (Fsp3) is 0.368. The van der Waals surface area contributed by atoms with Crippen LogP contribution < -0.4 is 10.6 Å². The van der Waals surface area contributed by atoms with Gasteiger partial charge in [0.05, 0.1) is 4.90 Å². The van der Waals surface area contributed by atoms with Crippen molar-refractivity contribution in [3.05, 3.63) is 46.8 Å². The summed E-state index contributed by atoms with van der Waals surface area (Å²) in [6.45, 7) is 0. The van der Waals surface area contributed by atoms with Crippen molar-refractivity contribution in [2.75, 3.05) is 12.4 Å². The molecule has 0 bridgehead atoms. The number of hydrogen-bond donors (Lipinski definition) is 2. The smallest absolute Gasteiger partial charge is 0.293 e. The molecule has 1 aliphatic carbocycles. The highest BCUT2D eigenvalue weighted by Gasteiger charge is 2.28. The molecule has 1 fully saturated rings. The third-order valence-corrected chi connectivity index (χ3v) is 7.46. The summed E-state index contributed by atoms with van der Waals surface area (Å²) >= 11 is 8.26. The molecule has 29 heavy (non-hydrogen) atoms. The zero-order chi connectivity index (χ0) is 21.0. The number of amides is 1. The average molecular weight is 500 g/mol. The van der Waals surface area contributed by atoms with Crippen LogP contribution in [0.5, 0.6) is 0 Å². The van der Waals surface area contributed by atoms with Crippen molar-refractivity contribution in [1.82, 2.24) is 9.62 Å². The second-order valence-electron chi connectivity index (χ2n) is 6.85. The predicted octanol–water partition coefficient (Wildman–Crippen LogP) is 4.12. The van der Waals surface area contributed by atoms with Crippen molar-refractivity contribution in [1.29, 1.82) is 0 Å². The van der Waals surface area contributed by atoms with Crippen molar-refractivity contribution < 1.29 is 17.6 Å². The normalized spacial score (nSPS) is 15.3. The quantitative estimate of drug-likeness (QED) is 0.601. The van der Waals surface area contributed by atoms with Crippen LogP contribution in [0.3, 0.4) is 0 Å². The molecule has 7 nitrogen and oxygen atoms in total. The van der Waals surface area contributed by atoms with Crippen LogP contribution in [0.25, 0.3) is 0 Å². The number of hydrogen-bond acceptors (Lipinski definition) is 5. The second-order valence-corrected chi connectivity index (χ2v) is 10.0. The number of anilines is 1. The number of nitrogens with one attached hydrogen (secondary N) is 2. The van der Waals surface area contributed by atoms with Gasteiger partial charge in [-0.15, -0.1) is 0 Å². The van der Waals surface area contributed by atoms with E-state index in [1.54, 1.807) is 25.2 Å². The van der Waals surface area contributed by atoms with Crippen LogP contribution in [0.2, 0.25) is 0 Å². The largest absolute Gasteiger partial charge is 0.444 e. The third-order valence-electron chi connectivity index (χ3n) is 4.90. The van der Waals surface area contributed by atoms with E-state index < -0.39 is 15.9 Å². The molecule has 1 heterocycles. The predicted molar refractivity (Wildman–Crippen MR) is 118 cm³/mol. The number of halogens is 1. The van der Waals surface area contributed by atoms with Crippen LogP contribution >= 0.6 is 28.1 Å². The Labute approximate surface area is 184 Å². The van der Waals surface area contributed by atoms with Crippen LogP contribution in [0.4, 0.5) is 5.69 Å². The fourth-order valence-electron chi connectivity index (χ4n) is 3.28. The minimum Gasteiger partial charge on any atom is -0.444 e. The number of carbonyl (C=O) groups is 1. The van der Waals surface area contributed by atoms with Gasteiger partial charge in [-0.1, -0.05) is 19.3 Å². The maximum absolute atomic E-state index is 12.9. The molecule has 1 aromatic carbocycles. The molecule has 3 rings (SSSR count). The molecule has 1 amide bonds. The van der Waals surface area contributed by atoms with Gasteiger partial charge < -0.3 is 9.73 Å². The molecule has 0 saturated heterocycles. The van der Waals surface area contributed by atoms with E-state index in [0.29, 0.717) is 10.4 Å². The van der Waals surface area contributed by atoms with Crippen LogP contribution in [-0.2, 0) is 10.0 Å². The maximum atomic E-state index is 12.9. The molecular weight excluding hydrogens is 478 g/mol. The van der Waals surface area contributed by atoms with E-state index in [1.165, 1.54) is 28.9 Å². The summed E-state index contributed by atoms with van der Waals surface area (Å²) in [6.07, 6.45) is 5.08. The molecule has 1 aliphatic rings. The summed E-state index contributed by atoms with van der Waals surface area (Å²) < 4.78 is 32.9. The lowest BCUT2D eigenvalue weighted by molar-refractivity contribution is 0.0949. The van der Waals surface area contributed by atoms with Gasteiger partial charge in [0.25, 0.3) is 5.91 Å². The molecule has 2 N–H and O–H groups in total. The SMILES string of the molecule is CN(C1CCCCC1)S(=O)(=O)c1ccc(NC(=S)NC(=O)c2ccc(Br)o2)cc1.